The summed E-state index contributed by atoms with van der Waals surface area (Å²) in [6.45, 7) is 4.34. The molecule has 0 aliphatic heterocycles. The number of anilines is 1. The standard InChI is InChI=1S/C22H26ClN3O2/c1-14(2)21(15-7-9-16(23)10-8-15)24-13-20(27)26-19-6-4-3-5-18(19)22(28)25-17-11-12-17/h3-10,14,17,21,24H,11-13H2,1-2H3,(H,25,28)(H,26,27). The summed E-state index contributed by atoms with van der Waals surface area (Å²) in [4.78, 5) is 24.9. The molecule has 0 saturated heterocycles. The van der Waals surface area contributed by atoms with E-state index in [9.17, 15) is 9.59 Å². The smallest absolute Gasteiger partial charge is 0.253 e. The van der Waals surface area contributed by atoms with Gasteiger partial charge in [0.25, 0.3) is 5.91 Å². The van der Waals surface area contributed by atoms with Gasteiger partial charge in [-0.05, 0) is 48.6 Å². The first-order valence-electron chi connectivity index (χ1n) is 9.62. The van der Waals surface area contributed by atoms with Crippen LogP contribution in [-0.2, 0) is 4.79 Å². The highest BCUT2D eigenvalue weighted by molar-refractivity contribution is 6.30. The maximum Gasteiger partial charge on any atom is 0.253 e. The molecule has 2 amide bonds. The number of halogens is 1. The second kappa shape index (κ2) is 9.22. The monoisotopic (exact) mass is 399 g/mol. The van der Waals surface area contributed by atoms with Crippen molar-refractivity contribution in [2.75, 3.05) is 11.9 Å². The van der Waals surface area contributed by atoms with Gasteiger partial charge in [-0.1, -0.05) is 49.7 Å². The van der Waals surface area contributed by atoms with Crippen LogP contribution in [0.3, 0.4) is 0 Å². The highest BCUT2D eigenvalue weighted by Crippen LogP contribution is 2.24. The van der Waals surface area contributed by atoms with E-state index < -0.39 is 0 Å². The average Bonchev–Trinajstić information content (AvgIpc) is 3.47. The van der Waals surface area contributed by atoms with Crippen molar-refractivity contribution in [3.05, 3.63) is 64.7 Å². The van der Waals surface area contributed by atoms with Gasteiger partial charge in [-0.2, -0.15) is 0 Å². The average molecular weight is 400 g/mol. The largest absolute Gasteiger partial charge is 0.349 e. The first-order valence-corrected chi connectivity index (χ1v) is 10.0. The zero-order valence-corrected chi connectivity index (χ0v) is 16.9. The van der Waals surface area contributed by atoms with Crippen molar-refractivity contribution in [1.29, 1.82) is 0 Å². The Morgan fingerprint density at radius 1 is 1.07 bits per heavy atom. The van der Waals surface area contributed by atoms with Crippen molar-refractivity contribution in [1.82, 2.24) is 10.6 Å². The molecule has 0 radical (unpaired) electrons. The number of hydrogen-bond donors (Lipinski definition) is 3. The lowest BCUT2D eigenvalue weighted by molar-refractivity contribution is -0.115. The molecule has 1 aliphatic carbocycles. The van der Waals surface area contributed by atoms with Gasteiger partial charge in [0.05, 0.1) is 17.8 Å². The molecule has 28 heavy (non-hydrogen) atoms. The van der Waals surface area contributed by atoms with Crippen molar-refractivity contribution in [2.24, 2.45) is 5.92 Å². The molecule has 0 bridgehead atoms. The molecule has 1 unspecified atom stereocenters. The molecule has 1 saturated carbocycles. The molecule has 6 heteroatoms. The minimum Gasteiger partial charge on any atom is -0.349 e. The Balaban J connectivity index is 1.62. The molecule has 5 nitrogen and oxygen atoms in total. The van der Waals surface area contributed by atoms with E-state index in [-0.39, 0.29) is 30.4 Å². The molecule has 3 rings (SSSR count). The topological polar surface area (TPSA) is 70.2 Å². The number of hydrogen-bond acceptors (Lipinski definition) is 3. The van der Waals surface area contributed by atoms with Crippen molar-refractivity contribution in [3.8, 4) is 0 Å². The van der Waals surface area contributed by atoms with Crippen LogP contribution in [0.2, 0.25) is 5.02 Å². The lowest BCUT2D eigenvalue weighted by atomic mass is 9.96. The first-order chi connectivity index (χ1) is 13.4. The van der Waals surface area contributed by atoms with Gasteiger partial charge in [0.1, 0.15) is 0 Å². The lowest BCUT2D eigenvalue weighted by Crippen LogP contribution is -2.34. The van der Waals surface area contributed by atoms with Crippen LogP contribution in [-0.4, -0.2) is 24.4 Å². The van der Waals surface area contributed by atoms with Gasteiger partial charge in [0.2, 0.25) is 5.91 Å². The van der Waals surface area contributed by atoms with Crippen molar-refractivity contribution < 1.29 is 9.59 Å². The van der Waals surface area contributed by atoms with Crippen LogP contribution in [0.4, 0.5) is 5.69 Å². The Morgan fingerprint density at radius 3 is 2.39 bits per heavy atom. The van der Waals surface area contributed by atoms with Crippen LogP contribution < -0.4 is 16.0 Å². The van der Waals surface area contributed by atoms with Crippen LogP contribution >= 0.6 is 11.6 Å². The van der Waals surface area contributed by atoms with Crippen molar-refractivity contribution >= 4 is 29.1 Å². The van der Waals surface area contributed by atoms with Crippen LogP contribution in [0.5, 0.6) is 0 Å². The van der Waals surface area contributed by atoms with E-state index in [1.165, 1.54) is 0 Å². The van der Waals surface area contributed by atoms with Gasteiger partial charge in [-0.3, -0.25) is 9.59 Å². The molecule has 148 valence electrons. The van der Waals surface area contributed by atoms with Crippen LogP contribution in [0.1, 0.15) is 48.7 Å². The highest BCUT2D eigenvalue weighted by atomic mass is 35.5. The van der Waals surface area contributed by atoms with Crippen molar-refractivity contribution in [3.63, 3.8) is 0 Å². The second-order valence-corrected chi connectivity index (χ2v) is 7.93. The maximum absolute atomic E-state index is 12.5. The van der Waals surface area contributed by atoms with Crippen LogP contribution in [0.15, 0.2) is 48.5 Å². The summed E-state index contributed by atoms with van der Waals surface area (Å²) in [7, 11) is 0. The number of carbonyl (C=O) groups excluding carboxylic acids is 2. The van der Waals surface area contributed by atoms with Gasteiger partial charge in [0, 0.05) is 17.1 Å². The van der Waals surface area contributed by atoms with E-state index in [1.54, 1.807) is 18.2 Å². The SMILES string of the molecule is CC(C)C(NCC(=O)Nc1ccccc1C(=O)NC1CC1)c1ccc(Cl)cc1. The number of amides is 2. The van der Waals surface area contributed by atoms with E-state index in [0.29, 0.717) is 22.2 Å². The van der Waals surface area contributed by atoms with E-state index in [4.69, 9.17) is 11.6 Å². The minimum atomic E-state index is -0.189. The maximum atomic E-state index is 12.5. The summed E-state index contributed by atoms with van der Waals surface area (Å²) >= 11 is 5.97. The Bertz CT molecular complexity index is 832. The predicted octanol–water partition coefficient (Wildman–Crippen LogP) is 4.16. The van der Waals surface area contributed by atoms with E-state index in [1.807, 2.05) is 30.3 Å². The molecule has 1 atom stereocenters. The van der Waals surface area contributed by atoms with Crippen LogP contribution in [0.25, 0.3) is 0 Å². The third-order valence-corrected chi connectivity index (χ3v) is 4.99. The number of para-hydroxylation sites is 1. The summed E-state index contributed by atoms with van der Waals surface area (Å²) < 4.78 is 0. The Morgan fingerprint density at radius 2 is 1.75 bits per heavy atom. The fraction of sp³-hybridized carbons (Fsp3) is 0.364. The zero-order chi connectivity index (χ0) is 20.1. The summed E-state index contributed by atoms with van der Waals surface area (Å²) in [6, 6.07) is 15.0. The first kappa shape index (κ1) is 20.4. The van der Waals surface area contributed by atoms with E-state index in [0.717, 1.165) is 18.4 Å². The molecular formula is C22H26ClN3O2. The highest BCUT2D eigenvalue weighted by Gasteiger charge is 2.25. The van der Waals surface area contributed by atoms with Gasteiger partial charge in [-0.25, -0.2) is 0 Å². The predicted molar refractivity (Wildman–Crippen MR) is 113 cm³/mol. The molecule has 2 aromatic carbocycles. The van der Waals surface area contributed by atoms with Gasteiger partial charge in [-0.15, -0.1) is 0 Å². The molecule has 2 aromatic rings. The van der Waals surface area contributed by atoms with E-state index in [2.05, 4.69) is 29.8 Å². The molecule has 0 heterocycles. The number of benzene rings is 2. The lowest BCUT2D eigenvalue weighted by Gasteiger charge is -2.23. The molecule has 0 aromatic heterocycles. The fourth-order valence-electron chi connectivity index (χ4n) is 3.09. The number of rotatable bonds is 8. The third-order valence-electron chi connectivity index (χ3n) is 4.74. The molecule has 3 N–H and O–H groups in total. The Hall–Kier alpha value is -2.37. The normalized spacial score (nSPS) is 14.6. The van der Waals surface area contributed by atoms with Crippen LogP contribution in [0, 0.1) is 5.92 Å². The summed E-state index contributed by atoms with van der Waals surface area (Å²) in [6.07, 6.45) is 2.04. The van der Waals surface area contributed by atoms with Crippen molar-refractivity contribution in [2.45, 2.75) is 38.8 Å². The Kier molecular flexibility index (Phi) is 6.70. The quantitative estimate of drug-likeness (QED) is 0.624. The third kappa shape index (κ3) is 5.57. The summed E-state index contributed by atoms with van der Waals surface area (Å²) in [5, 5.41) is 9.81. The number of nitrogens with one attached hydrogen (secondary N) is 3. The van der Waals surface area contributed by atoms with Gasteiger partial charge >= 0.3 is 0 Å². The second-order valence-electron chi connectivity index (χ2n) is 7.50. The number of carbonyl (C=O) groups is 2. The fourth-order valence-corrected chi connectivity index (χ4v) is 3.21. The molecule has 0 spiro atoms. The molecule has 1 fully saturated rings. The Labute approximate surface area is 170 Å². The molecule has 1 aliphatic rings. The van der Waals surface area contributed by atoms with Gasteiger partial charge < -0.3 is 16.0 Å². The summed E-state index contributed by atoms with van der Waals surface area (Å²) in [5.41, 5.74) is 2.09. The van der Waals surface area contributed by atoms with Gasteiger partial charge in [0.15, 0.2) is 0 Å². The van der Waals surface area contributed by atoms with E-state index >= 15 is 0 Å². The minimum absolute atomic E-state index is 0.0245. The molecular weight excluding hydrogens is 374 g/mol. The summed E-state index contributed by atoms with van der Waals surface area (Å²) in [5.74, 6) is -0.0375. The zero-order valence-electron chi connectivity index (χ0n) is 16.2.